The Balaban J connectivity index is 1.71. The lowest BCUT2D eigenvalue weighted by Crippen LogP contribution is -2.39. The average Bonchev–Trinajstić information content (AvgIpc) is 2.73. The minimum absolute atomic E-state index is 0.0362. The van der Waals surface area contributed by atoms with Crippen molar-refractivity contribution in [1.82, 2.24) is 0 Å². The molecule has 1 nitrogen and oxygen atoms in total. The molecule has 3 aliphatic carbocycles. The molecule has 1 N–H and O–H groups in total. The van der Waals surface area contributed by atoms with Crippen molar-refractivity contribution in [3.05, 3.63) is 35.4 Å². The Labute approximate surface area is 116 Å². The van der Waals surface area contributed by atoms with Gasteiger partial charge in [-0.3, -0.25) is 0 Å². The van der Waals surface area contributed by atoms with E-state index in [-0.39, 0.29) is 6.10 Å². The van der Waals surface area contributed by atoms with Crippen molar-refractivity contribution in [3.8, 4) is 0 Å². The average molecular weight is 256 g/mol. The van der Waals surface area contributed by atoms with Crippen LogP contribution in [0.5, 0.6) is 0 Å². The highest BCUT2D eigenvalue weighted by atomic mass is 16.3. The molecule has 5 atom stereocenters. The second-order valence-corrected chi connectivity index (χ2v) is 7.40. The molecule has 0 spiro atoms. The Morgan fingerprint density at radius 1 is 1.21 bits per heavy atom. The molecule has 2 fully saturated rings. The topological polar surface area (TPSA) is 20.2 Å². The first-order valence-corrected chi connectivity index (χ1v) is 7.93. The summed E-state index contributed by atoms with van der Waals surface area (Å²) in [5, 5.41) is 10.1. The van der Waals surface area contributed by atoms with Gasteiger partial charge < -0.3 is 5.11 Å². The van der Waals surface area contributed by atoms with Gasteiger partial charge in [-0.05, 0) is 72.8 Å². The molecular weight excluding hydrogens is 232 g/mol. The Kier molecular flexibility index (Phi) is 2.57. The van der Waals surface area contributed by atoms with Gasteiger partial charge in [0, 0.05) is 0 Å². The van der Waals surface area contributed by atoms with Crippen LogP contribution in [0.15, 0.2) is 24.3 Å². The van der Waals surface area contributed by atoms with E-state index in [0.29, 0.717) is 5.41 Å². The number of rotatable bonds is 0. The van der Waals surface area contributed by atoms with Crippen LogP contribution in [0.1, 0.15) is 56.1 Å². The number of fused-ring (bicyclic) bond motifs is 5. The quantitative estimate of drug-likeness (QED) is 0.746. The van der Waals surface area contributed by atoms with Gasteiger partial charge in [0.05, 0.1) is 6.10 Å². The first-order valence-electron chi connectivity index (χ1n) is 7.93. The lowest BCUT2D eigenvalue weighted by Gasteiger charge is -2.49. The smallest absolute Gasteiger partial charge is 0.0548 e. The molecule has 0 aromatic heterocycles. The van der Waals surface area contributed by atoms with Crippen LogP contribution in [0.2, 0.25) is 0 Å². The number of benzene rings is 1. The Hall–Kier alpha value is -0.820. The van der Waals surface area contributed by atoms with Crippen LogP contribution in [-0.4, -0.2) is 11.2 Å². The first-order chi connectivity index (χ1) is 9.17. The van der Waals surface area contributed by atoms with Gasteiger partial charge in [0.1, 0.15) is 0 Å². The summed E-state index contributed by atoms with van der Waals surface area (Å²) in [5.41, 5.74) is 3.64. The molecule has 0 bridgehead atoms. The molecule has 4 rings (SSSR count). The van der Waals surface area contributed by atoms with Crippen LogP contribution in [0, 0.1) is 17.3 Å². The van der Waals surface area contributed by atoms with E-state index in [1.165, 1.54) is 25.7 Å². The maximum Gasteiger partial charge on any atom is 0.0548 e. The van der Waals surface area contributed by atoms with Crippen molar-refractivity contribution in [2.24, 2.45) is 17.3 Å². The molecule has 4 unspecified atom stereocenters. The highest BCUT2D eigenvalue weighted by Gasteiger charge is 2.52. The van der Waals surface area contributed by atoms with Crippen molar-refractivity contribution in [2.45, 2.75) is 57.5 Å². The van der Waals surface area contributed by atoms with Gasteiger partial charge in [-0.15, -0.1) is 0 Å². The minimum atomic E-state index is -0.0362. The summed E-state index contributed by atoms with van der Waals surface area (Å²) in [6.07, 6.45) is 7.30. The van der Waals surface area contributed by atoms with E-state index >= 15 is 0 Å². The second-order valence-electron chi connectivity index (χ2n) is 7.40. The molecule has 0 saturated heterocycles. The van der Waals surface area contributed by atoms with E-state index < -0.39 is 0 Å². The van der Waals surface area contributed by atoms with Crippen molar-refractivity contribution in [3.63, 3.8) is 0 Å². The zero-order chi connectivity index (χ0) is 13.0. The van der Waals surface area contributed by atoms with E-state index in [1.807, 2.05) is 0 Å². The summed E-state index contributed by atoms with van der Waals surface area (Å²) in [4.78, 5) is 0. The Morgan fingerprint density at radius 3 is 2.95 bits per heavy atom. The first kappa shape index (κ1) is 12.0. The van der Waals surface area contributed by atoms with E-state index in [1.54, 1.807) is 11.1 Å². The summed E-state index contributed by atoms with van der Waals surface area (Å²) in [6.45, 7) is 2.44. The lowest BCUT2D eigenvalue weighted by molar-refractivity contribution is 0.0596. The third-order valence-electron chi connectivity index (χ3n) is 6.38. The van der Waals surface area contributed by atoms with E-state index in [4.69, 9.17) is 0 Å². The number of aryl methyl sites for hydroxylation is 1. The summed E-state index contributed by atoms with van der Waals surface area (Å²) in [6, 6.07) is 9.08. The number of aliphatic hydroxyl groups is 1. The normalized spacial score (nSPS) is 44.3. The fourth-order valence-electron chi connectivity index (χ4n) is 5.54. The van der Waals surface area contributed by atoms with Gasteiger partial charge in [-0.25, -0.2) is 0 Å². The van der Waals surface area contributed by atoms with Crippen molar-refractivity contribution in [1.29, 1.82) is 0 Å². The van der Waals surface area contributed by atoms with Crippen LogP contribution in [0.4, 0.5) is 0 Å². The number of hydrogen-bond acceptors (Lipinski definition) is 1. The fourth-order valence-corrected chi connectivity index (χ4v) is 5.54. The number of aliphatic hydroxyl groups excluding tert-OH is 1. The third-order valence-corrected chi connectivity index (χ3v) is 6.38. The fraction of sp³-hybridized carbons (Fsp3) is 0.667. The molecule has 0 aliphatic heterocycles. The van der Waals surface area contributed by atoms with E-state index in [2.05, 4.69) is 31.2 Å². The zero-order valence-corrected chi connectivity index (χ0v) is 11.8. The molecule has 0 amide bonds. The largest absolute Gasteiger partial charge is 0.393 e. The summed E-state index contributed by atoms with van der Waals surface area (Å²) >= 11 is 0. The molecule has 1 aromatic rings. The molecule has 102 valence electrons. The Bertz CT molecular complexity index is 494. The second kappa shape index (κ2) is 4.09. The summed E-state index contributed by atoms with van der Waals surface area (Å²) in [7, 11) is 0. The van der Waals surface area contributed by atoms with Crippen LogP contribution in [0.3, 0.4) is 0 Å². The molecular formula is C18H24O. The molecule has 1 heteroatoms. The summed E-state index contributed by atoms with van der Waals surface area (Å²) < 4.78 is 0. The van der Waals surface area contributed by atoms with Crippen molar-refractivity contribution >= 4 is 0 Å². The van der Waals surface area contributed by atoms with Crippen LogP contribution < -0.4 is 0 Å². The molecule has 1 aromatic carbocycles. The van der Waals surface area contributed by atoms with Gasteiger partial charge in [0.15, 0.2) is 0 Å². The minimum Gasteiger partial charge on any atom is -0.393 e. The van der Waals surface area contributed by atoms with Crippen LogP contribution >= 0.6 is 0 Å². The van der Waals surface area contributed by atoms with Gasteiger partial charge in [-0.1, -0.05) is 31.2 Å². The maximum absolute atomic E-state index is 10.1. The predicted molar refractivity (Wildman–Crippen MR) is 77.1 cm³/mol. The zero-order valence-electron chi connectivity index (χ0n) is 11.8. The predicted octanol–water partition coefficient (Wildman–Crippen LogP) is 3.90. The van der Waals surface area contributed by atoms with Gasteiger partial charge in [0.25, 0.3) is 0 Å². The molecule has 3 aliphatic rings. The standard InChI is InChI=1S/C18H24O/c1-18-9-8-15-14-5-3-2-4-12(14)6-7-16(15)17(18)10-13(19)11-18/h2-5,13,15-17,19H,6-11H2,1H3/t13-,15?,16?,17?,18?/m1/s1. The maximum atomic E-state index is 10.1. The van der Waals surface area contributed by atoms with Gasteiger partial charge in [-0.2, -0.15) is 0 Å². The van der Waals surface area contributed by atoms with Crippen LogP contribution in [0.25, 0.3) is 0 Å². The molecule has 0 heterocycles. The van der Waals surface area contributed by atoms with Crippen LogP contribution in [-0.2, 0) is 6.42 Å². The highest BCUT2D eigenvalue weighted by Crippen LogP contribution is 2.60. The summed E-state index contributed by atoms with van der Waals surface area (Å²) in [5.74, 6) is 2.36. The van der Waals surface area contributed by atoms with Crippen molar-refractivity contribution < 1.29 is 5.11 Å². The van der Waals surface area contributed by atoms with Gasteiger partial charge in [0.2, 0.25) is 0 Å². The van der Waals surface area contributed by atoms with Crippen molar-refractivity contribution in [2.75, 3.05) is 0 Å². The molecule has 0 radical (unpaired) electrons. The number of hydrogen-bond donors (Lipinski definition) is 1. The molecule has 19 heavy (non-hydrogen) atoms. The monoisotopic (exact) mass is 256 g/mol. The lowest BCUT2D eigenvalue weighted by atomic mass is 9.56. The Morgan fingerprint density at radius 2 is 2.05 bits per heavy atom. The van der Waals surface area contributed by atoms with E-state index in [9.17, 15) is 5.11 Å². The third kappa shape index (κ3) is 1.71. The SMILES string of the molecule is CC12CCC3c4ccccc4CCC3C1C[C@@H](O)C2. The van der Waals surface area contributed by atoms with E-state index in [0.717, 1.165) is 30.6 Å². The molecule has 2 saturated carbocycles. The van der Waals surface area contributed by atoms with Gasteiger partial charge >= 0.3 is 0 Å². The highest BCUT2D eigenvalue weighted by molar-refractivity contribution is 5.34.